The minimum atomic E-state index is -0.819. The second-order valence-electron chi connectivity index (χ2n) is 4.52. The Balaban J connectivity index is 1.91. The lowest BCUT2D eigenvalue weighted by Crippen LogP contribution is -2.36. The van der Waals surface area contributed by atoms with Gasteiger partial charge in [-0.15, -0.1) is 0 Å². The molecule has 1 aromatic carbocycles. The largest absolute Gasteiger partial charge is 0.486 e. The number of aliphatic carboxylic acids is 1. The summed E-state index contributed by atoms with van der Waals surface area (Å²) in [5.41, 5.74) is 0.750. The van der Waals surface area contributed by atoms with E-state index in [2.05, 4.69) is 0 Å². The lowest BCUT2D eigenvalue weighted by molar-refractivity contribution is -0.146. The molecule has 0 saturated carbocycles. The summed E-state index contributed by atoms with van der Waals surface area (Å²) in [5, 5.41) is 9.34. The van der Waals surface area contributed by atoms with Gasteiger partial charge in [-0.05, 0) is 17.7 Å². The van der Waals surface area contributed by atoms with E-state index in [9.17, 15) is 9.90 Å². The van der Waals surface area contributed by atoms with Gasteiger partial charge in [0.05, 0.1) is 19.1 Å². The van der Waals surface area contributed by atoms with Crippen LogP contribution >= 0.6 is 0 Å². The highest BCUT2D eigenvalue weighted by Crippen LogP contribution is 2.37. The van der Waals surface area contributed by atoms with Crippen molar-refractivity contribution in [2.45, 2.75) is 5.92 Å². The van der Waals surface area contributed by atoms with Gasteiger partial charge >= 0.3 is 5.97 Å². The average Bonchev–Trinajstić information content (AvgIpc) is 2.32. The van der Waals surface area contributed by atoms with E-state index >= 15 is 0 Å². The number of carboxylic acids is 1. The summed E-state index contributed by atoms with van der Waals surface area (Å²) in [6, 6.07) is 5.34. The summed E-state index contributed by atoms with van der Waals surface area (Å²) in [4.78, 5) is 11.4. The first-order chi connectivity index (χ1) is 8.75. The molecule has 1 saturated heterocycles. The zero-order chi connectivity index (χ0) is 12.5. The van der Waals surface area contributed by atoms with Crippen molar-refractivity contribution in [3.8, 4) is 11.5 Å². The van der Waals surface area contributed by atoms with Crippen molar-refractivity contribution in [1.29, 1.82) is 0 Å². The Morgan fingerprint density at radius 2 is 1.94 bits per heavy atom. The summed E-state index contributed by atoms with van der Waals surface area (Å²) in [7, 11) is 0. The van der Waals surface area contributed by atoms with Crippen molar-refractivity contribution in [3.63, 3.8) is 0 Å². The van der Waals surface area contributed by atoms with E-state index < -0.39 is 11.9 Å². The first kappa shape index (κ1) is 11.3. The van der Waals surface area contributed by atoms with Crippen LogP contribution in [0.15, 0.2) is 18.2 Å². The van der Waals surface area contributed by atoms with Crippen molar-refractivity contribution in [1.82, 2.24) is 0 Å². The summed E-state index contributed by atoms with van der Waals surface area (Å²) < 4.78 is 16.0. The predicted octanol–water partition coefficient (Wildman–Crippen LogP) is 1.27. The Morgan fingerprint density at radius 3 is 2.56 bits per heavy atom. The number of hydrogen-bond donors (Lipinski definition) is 1. The number of ether oxygens (including phenoxy) is 3. The maximum atomic E-state index is 11.4. The molecule has 1 fully saturated rings. The molecule has 0 radical (unpaired) electrons. The first-order valence-corrected chi connectivity index (χ1v) is 5.96. The van der Waals surface area contributed by atoms with Gasteiger partial charge in [0.15, 0.2) is 11.5 Å². The molecule has 1 aromatic rings. The number of carbonyl (C=O) groups is 1. The second kappa shape index (κ2) is 4.49. The van der Waals surface area contributed by atoms with Crippen LogP contribution in [0.25, 0.3) is 0 Å². The summed E-state index contributed by atoms with van der Waals surface area (Å²) in [5.74, 6) is 0.00357. The van der Waals surface area contributed by atoms with E-state index in [-0.39, 0.29) is 5.92 Å². The Morgan fingerprint density at radius 1 is 1.22 bits per heavy atom. The fourth-order valence-corrected chi connectivity index (χ4v) is 2.32. The van der Waals surface area contributed by atoms with Gasteiger partial charge in [-0.25, -0.2) is 0 Å². The van der Waals surface area contributed by atoms with Gasteiger partial charge in [-0.2, -0.15) is 0 Å². The van der Waals surface area contributed by atoms with Crippen LogP contribution in [0.1, 0.15) is 11.5 Å². The van der Waals surface area contributed by atoms with Crippen LogP contribution in [-0.4, -0.2) is 37.5 Å². The molecule has 3 rings (SSSR count). The zero-order valence-corrected chi connectivity index (χ0v) is 9.80. The van der Waals surface area contributed by atoms with E-state index in [1.165, 1.54) is 0 Å². The lowest BCUT2D eigenvalue weighted by atomic mass is 9.84. The van der Waals surface area contributed by atoms with Crippen molar-refractivity contribution in [2.75, 3.05) is 26.4 Å². The number of hydrogen-bond acceptors (Lipinski definition) is 4. The maximum absolute atomic E-state index is 11.4. The topological polar surface area (TPSA) is 65.0 Å². The Bertz CT molecular complexity index is 466. The van der Waals surface area contributed by atoms with Gasteiger partial charge in [0.2, 0.25) is 0 Å². The number of benzene rings is 1. The Hall–Kier alpha value is -1.75. The molecular formula is C13H14O5. The standard InChI is InChI=1S/C13H14O5/c14-13(15)12(9-6-16-7-9)8-1-2-10-11(5-8)18-4-3-17-10/h1-2,5,9,12H,3-4,6-7H2,(H,14,15). The molecule has 2 aliphatic rings. The molecule has 1 unspecified atom stereocenters. The molecule has 5 nitrogen and oxygen atoms in total. The van der Waals surface area contributed by atoms with Crippen LogP contribution in [0, 0.1) is 5.92 Å². The summed E-state index contributed by atoms with van der Waals surface area (Å²) >= 11 is 0. The number of fused-ring (bicyclic) bond motifs is 1. The van der Waals surface area contributed by atoms with Crippen LogP contribution in [0.2, 0.25) is 0 Å². The first-order valence-electron chi connectivity index (χ1n) is 5.96. The Kier molecular flexibility index (Phi) is 2.83. The van der Waals surface area contributed by atoms with Crippen molar-refractivity contribution >= 4 is 5.97 Å². The molecule has 96 valence electrons. The third-order valence-corrected chi connectivity index (χ3v) is 3.33. The van der Waals surface area contributed by atoms with Crippen molar-refractivity contribution in [2.24, 2.45) is 5.92 Å². The van der Waals surface area contributed by atoms with Gasteiger partial charge in [0, 0.05) is 5.92 Å². The highest BCUT2D eigenvalue weighted by Gasteiger charge is 2.35. The third-order valence-electron chi connectivity index (χ3n) is 3.33. The zero-order valence-electron chi connectivity index (χ0n) is 9.80. The van der Waals surface area contributed by atoms with E-state index in [0.717, 1.165) is 5.56 Å². The monoisotopic (exact) mass is 250 g/mol. The summed E-state index contributed by atoms with van der Waals surface area (Å²) in [6.07, 6.45) is 0. The quantitative estimate of drug-likeness (QED) is 0.875. The molecule has 2 heterocycles. The van der Waals surface area contributed by atoms with Crippen LogP contribution in [0.5, 0.6) is 11.5 Å². The van der Waals surface area contributed by atoms with Gasteiger partial charge in [-0.3, -0.25) is 4.79 Å². The highest BCUT2D eigenvalue weighted by molar-refractivity contribution is 5.77. The minimum Gasteiger partial charge on any atom is -0.486 e. The second-order valence-corrected chi connectivity index (χ2v) is 4.52. The molecule has 0 amide bonds. The van der Waals surface area contributed by atoms with Crippen molar-refractivity contribution in [3.05, 3.63) is 23.8 Å². The number of rotatable bonds is 3. The maximum Gasteiger partial charge on any atom is 0.311 e. The summed E-state index contributed by atoms with van der Waals surface area (Å²) in [6.45, 7) is 2.04. The van der Waals surface area contributed by atoms with E-state index in [4.69, 9.17) is 14.2 Å². The molecular weight excluding hydrogens is 236 g/mol. The van der Waals surface area contributed by atoms with Crippen LogP contribution in [-0.2, 0) is 9.53 Å². The molecule has 18 heavy (non-hydrogen) atoms. The van der Waals surface area contributed by atoms with Crippen LogP contribution in [0.3, 0.4) is 0 Å². The molecule has 1 N–H and O–H groups in total. The van der Waals surface area contributed by atoms with E-state index in [0.29, 0.717) is 37.9 Å². The lowest BCUT2D eigenvalue weighted by Gasteiger charge is -2.32. The normalized spacial score (nSPS) is 20.0. The highest BCUT2D eigenvalue weighted by atomic mass is 16.6. The smallest absolute Gasteiger partial charge is 0.311 e. The van der Waals surface area contributed by atoms with Crippen LogP contribution < -0.4 is 9.47 Å². The van der Waals surface area contributed by atoms with E-state index in [1.54, 1.807) is 18.2 Å². The molecule has 0 bridgehead atoms. The van der Waals surface area contributed by atoms with Gasteiger partial charge < -0.3 is 19.3 Å². The van der Waals surface area contributed by atoms with Crippen LogP contribution in [0.4, 0.5) is 0 Å². The van der Waals surface area contributed by atoms with Gasteiger partial charge in [-0.1, -0.05) is 6.07 Å². The minimum absolute atomic E-state index is 0.0464. The molecule has 0 aromatic heterocycles. The SMILES string of the molecule is O=C(O)C(c1ccc2c(c1)OCCO2)C1COC1. The van der Waals surface area contributed by atoms with E-state index in [1.807, 2.05) is 0 Å². The molecule has 0 aliphatic carbocycles. The fourth-order valence-electron chi connectivity index (χ4n) is 2.32. The average molecular weight is 250 g/mol. The molecule has 5 heteroatoms. The molecule has 2 aliphatic heterocycles. The fraction of sp³-hybridized carbons (Fsp3) is 0.462. The van der Waals surface area contributed by atoms with Gasteiger partial charge in [0.25, 0.3) is 0 Å². The Labute approximate surface area is 104 Å². The number of carboxylic acid groups (broad SMARTS) is 1. The third kappa shape index (κ3) is 1.90. The van der Waals surface area contributed by atoms with Gasteiger partial charge in [0.1, 0.15) is 13.2 Å². The molecule has 1 atom stereocenters. The van der Waals surface area contributed by atoms with Crippen molar-refractivity contribution < 1.29 is 24.1 Å². The predicted molar refractivity (Wildman–Crippen MR) is 62.1 cm³/mol. The molecule has 0 spiro atoms.